The minimum absolute atomic E-state index is 0.0675. The third-order valence-corrected chi connectivity index (χ3v) is 3.11. The summed E-state index contributed by atoms with van der Waals surface area (Å²) in [5, 5.41) is 10.2. The number of aliphatic hydroxyl groups excluding tert-OH is 1. The van der Waals surface area contributed by atoms with E-state index in [1.807, 2.05) is 0 Å². The average Bonchev–Trinajstić information content (AvgIpc) is 2.44. The highest BCUT2D eigenvalue weighted by Crippen LogP contribution is 2.34. The molecule has 0 amide bonds. The number of halogens is 3. The highest BCUT2D eigenvalue weighted by Gasteiger charge is 2.24. The predicted octanol–water partition coefficient (Wildman–Crippen LogP) is 3.50. The molecule has 0 radical (unpaired) electrons. The first kappa shape index (κ1) is 14.4. The second-order valence-electron chi connectivity index (χ2n) is 4.36. The van der Waals surface area contributed by atoms with Gasteiger partial charge in [-0.05, 0) is 24.6 Å². The number of rotatable bonds is 3. The van der Waals surface area contributed by atoms with Crippen molar-refractivity contribution in [1.82, 2.24) is 0 Å². The zero-order valence-electron chi connectivity index (χ0n) is 11.0. The lowest BCUT2D eigenvalue weighted by Gasteiger charge is -2.17. The van der Waals surface area contributed by atoms with Crippen LogP contribution in [0.3, 0.4) is 0 Å². The zero-order valence-corrected chi connectivity index (χ0v) is 11.0. The van der Waals surface area contributed by atoms with Crippen LogP contribution < -0.4 is 4.74 Å². The molecule has 0 heterocycles. The van der Waals surface area contributed by atoms with Crippen molar-refractivity contribution < 1.29 is 23.0 Å². The molecule has 0 spiro atoms. The van der Waals surface area contributed by atoms with Crippen molar-refractivity contribution in [2.24, 2.45) is 0 Å². The van der Waals surface area contributed by atoms with Gasteiger partial charge in [-0.25, -0.2) is 13.2 Å². The molecule has 20 heavy (non-hydrogen) atoms. The van der Waals surface area contributed by atoms with E-state index in [2.05, 4.69) is 0 Å². The van der Waals surface area contributed by atoms with Crippen LogP contribution in [0, 0.1) is 24.4 Å². The van der Waals surface area contributed by atoms with Gasteiger partial charge in [-0.15, -0.1) is 0 Å². The summed E-state index contributed by atoms with van der Waals surface area (Å²) in [5.74, 6) is -2.94. The highest BCUT2D eigenvalue weighted by atomic mass is 19.2. The molecule has 5 heteroatoms. The molecule has 0 aromatic heterocycles. The van der Waals surface area contributed by atoms with Crippen molar-refractivity contribution >= 4 is 0 Å². The van der Waals surface area contributed by atoms with Crippen LogP contribution >= 0.6 is 0 Å². The predicted molar refractivity (Wildman–Crippen MR) is 68.1 cm³/mol. The second kappa shape index (κ2) is 5.54. The normalized spacial score (nSPS) is 12.3. The molecule has 0 fully saturated rings. The van der Waals surface area contributed by atoms with E-state index in [1.54, 1.807) is 0 Å². The molecule has 2 aromatic rings. The van der Waals surface area contributed by atoms with Crippen molar-refractivity contribution in [1.29, 1.82) is 0 Å². The molecule has 0 saturated carbocycles. The number of hydrogen-bond acceptors (Lipinski definition) is 2. The molecular formula is C15H13F3O2. The van der Waals surface area contributed by atoms with Gasteiger partial charge in [0.25, 0.3) is 0 Å². The minimum atomic E-state index is -1.65. The van der Waals surface area contributed by atoms with E-state index in [1.165, 1.54) is 38.3 Å². The maximum Gasteiger partial charge on any atom is 0.165 e. The Hall–Kier alpha value is -2.01. The Morgan fingerprint density at radius 3 is 2.40 bits per heavy atom. The van der Waals surface area contributed by atoms with Crippen molar-refractivity contribution in [3.05, 3.63) is 64.5 Å². The summed E-state index contributed by atoms with van der Waals surface area (Å²) in [6, 6.07) is 6.50. The third-order valence-electron chi connectivity index (χ3n) is 3.11. The fourth-order valence-corrected chi connectivity index (χ4v) is 1.99. The fourth-order valence-electron chi connectivity index (χ4n) is 1.99. The summed E-state index contributed by atoms with van der Waals surface area (Å²) in [4.78, 5) is 0. The molecule has 2 nitrogen and oxygen atoms in total. The first-order valence-corrected chi connectivity index (χ1v) is 5.92. The van der Waals surface area contributed by atoms with Gasteiger partial charge in [0.15, 0.2) is 11.6 Å². The van der Waals surface area contributed by atoms with Gasteiger partial charge in [0, 0.05) is 5.56 Å². The topological polar surface area (TPSA) is 29.5 Å². The summed E-state index contributed by atoms with van der Waals surface area (Å²) in [5.41, 5.74) is -0.451. The standard InChI is InChI=1S/C15H13F3O2/c1-8-6-7-9(14(18)13(8)17)15(19)12-10(16)4-3-5-11(12)20-2/h3-7,15,19H,1-2H3. The van der Waals surface area contributed by atoms with Crippen LogP contribution in [0.4, 0.5) is 13.2 Å². The Balaban J connectivity index is 2.58. The van der Waals surface area contributed by atoms with Crippen molar-refractivity contribution in [2.45, 2.75) is 13.0 Å². The van der Waals surface area contributed by atoms with Crippen molar-refractivity contribution in [2.75, 3.05) is 7.11 Å². The van der Waals surface area contributed by atoms with Crippen LogP contribution in [0.5, 0.6) is 5.75 Å². The SMILES string of the molecule is COc1cccc(F)c1C(O)c1ccc(C)c(F)c1F. The molecular weight excluding hydrogens is 269 g/mol. The molecule has 1 N–H and O–H groups in total. The third kappa shape index (κ3) is 2.36. The Bertz CT molecular complexity index is 641. The molecule has 0 aliphatic rings. The van der Waals surface area contributed by atoms with Gasteiger partial charge in [0.1, 0.15) is 17.7 Å². The van der Waals surface area contributed by atoms with E-state index >= 15 is 0 Å². The van der Waals surface area contributed by atoms with Crippen molar-refractivity contribution in [3.63, 3.8) is 0 Å². The van der Waals surface area contributed by atoms with Gasteiger partial charge in [-0.2, -0.15) is 0 Å². The van der Waals surface area contributed by atoms with Crippen LogP contribution in [0.25, 0.3) is 0 Å². The zero-order chi connectivity index (χ0) is 14.9. The number of hydrogen-bond donors (Lipinski definition) is 1. The van der Waals surface area contributed by atoms with Gasteiger partial charge in [-0.3, -0.25) is 0 Å². The maximum atomic E-state index is 13.9. The second-order valence-corrected chi connectivity index (χ2v) is 4.36. The van der Waals surface area contributed by atoms with Crippen LogP contribution in [-0.2, 0) is 0 Å². The molecule has 1 unspecified atom stereocenters. The van der Waals surface area contributed by atoms with Crippen molar-refractivity contribution in [3.8, 4) is 5.75 Å². The van der Waals surface area contributed by atoms with E-state index in [9.17, 15) is 18.3 Å². The van der Waals surface area contributed by atoms with Gasteiger partial charge >= 0.3 is 0 Å². The fraction of sp³-hybridized carbons (Fsp3) is 0.200. The summed E-state index contributed by atoms with van der Waals surface area (Å²) in [6.45, 7) is 1.40. The summed E-state index contributed by atoms with van der Waals surface area (Å²) in [7, 11) is 1.30. The molecule has 0 aliphatic heterocycles. The molecule has 106 valence electrons. The van der Waals surface area contributed by atoms with Crippen LogP contribution in [-0.4, -0.2) is 12.2 Å². The number of benzene rings is 2. The number of methoxy groups -OCH3 is 1. The Morgan fingerprint density at radius 2 is 1.75 bits per heavy atom. The summed E-state index contributed by atoms with van der Waals surface area (Å²) >= 11 is 0. The lowest BCUT2D eigenvalue weighted by Crippen LogP contribution is -2.09. The summed E-state index contributed by atoms with van der Waals surface area (Å²) < 4.78 is 46.2. The molecule has 2 rings (SSSR count). The van der Waals surface area contributed by atoms with E-state index in [0.717, 1.165) is 6.07 Å². The Labute approximate surface area is 114 Å². The monoisotopic (exact) mass is 282 g/mol. The van der Waals surface area contributed by atoms with E-state index < -0.39 is 23.6 Å². The Kier molecular flexibility index (Phi) is 3.99. The molecule has 0 aliphatic carbocycles. The average molecular weight is 282 g/mol. The lowest BCUT2D eigenvalue weighted by molar-refractivity contribution is 0.202. The largest absolute Gasteiger partial charge is 0.496 e. The smallest absolute Gasteiger partial charge is 0.165 e. The van der Waals surface area contributed by atoms with E-state index in [0.29, 0.717) is 0 Å². The molecule has 0 bridgehead atoms. The molecule has 0 saturated heterocycles. The summed E-state index contributed by atoms with van der Waals surface area (Å²) in [6.07, 6.45) is -1.65. The van der Waals surface area contributed by atoms with E-state index in [4.69, 9.17) is 4.74 Å². The van der Waals surface area contributed by atoms with Gasteiger partial charge < -0.3 is 9.84 Å². The van der Waals surface area contributed by atoms with Gasteiger partial charge in [-0.1, -0.05) is 18.2 Å². The highest BCUT2D eigenvalue weighted by molar-refractivity contribution is 5.42. The number of aryl methyl sites for hydroxylation is 1. The maximum absolute atomic E-state index is 13.9. The minimum Gasteiger partial charge on any atom is -0.496 e. The number of aliphatic hydroxyl groups is 1. The number of ether oxygens (including phenoxy) is 1. The Morgan fingerprint density at radius 1 is 1.05 bits per heavy atom. The first-order valence-electron chi connectivity index (χ1n) is 5.92. The van der Waals surface area contributed by atoms with Crippen LogP contribution in [0.1, 0.15) is 22.8 Å². The first-order chi connectivity index (χ1) is 9.47. The van der Waals surface area contributed by atoms with Gasteiger partial charge in [0.2, 0.25) is 0 Å². The van der Waals surface area contributed by atoms with E-state index in [-0.39, 0.29) is 22.4 Å². The quantitative estimate of drug-likeness (QED) is 0.933. The molecule has 2 aromatic carbocycles. The van der Waals surface area contributed by atoms with Gasteiger partial charge in [0.05, 0.1) is 12.7 Å². The van der Waals surface area contributed by atoms with Crippen LogP contribution in [0.15, 0.2) is 30.3 Å². The molecule has 1 atom stereocenters. The lowest BCUT2D eigenvalue weighted by atomic mass is 9.98. The van der Waals surface area contributed by atoms with Crippen LogP contribution in [0.2, 0.25) is 0 Å².